The third kappa shape index (κ3) is 15.3. The van der Waals surface area contributed by atoms with Gasteiger partial charge in [-0.1, -0.05) is 145 Å². The molecule has 19 heteroatoms. The number of alkyl halides is 9. The molecule has 0 N–H and O–H groups in total. The molecule has 0 saturated heterocycles. The Morgan fingerprint density at radius 3 is 0.545 bits per heavy atom. The number of rotatable bonds is 12. The number of anilines is 3. The summed E-state index contributed by atoms with van der Waals surface area (Å²) in [6.45, 7) is 0. The maximum absolute atomic E-state index is 13.0. The Morgan fingerprint density at radius 2 is 0.386 bits per heavy atom. The van der Waals surface area contributed by atoms with Crippen LogP contribution in [0.15, 0.2) is 233 Å². The molecule has 0 atom stereocenters. The summed E-state index contributed by atoms with van der Waals surface area (Å²) in [4.78, 5) is -0.475. The van der Waals surface area contributed by atoms with Crippen molar-refractivity contribution < 1.29 is 64.8 Å². The van der Waals surface area contributed by atoms with E-state index in [1.807, 2.05) is 150 Å². The van der Waals surface area contributed by atoms with E-state index in [0.29, 0.717) is 33.4 Å². The molecule has 0 aliphatic heterocycles. The second-order valence-electron chi connectivity index (χ2n) is 19.1. The van der Waals surface area contributed by atoms with Gasteiger partial charge in [-0.15, -0.1) is 0 Å². The Morgan fingerprint density at radius 1 is 0.239 bits per heavy atom. The first-order valence-electron chi connectivity index (χ1n) is 26.0. The number of hydrogen-bond donors (Lipinski definition) is 0. The summed E-state index contributed by atoms with van der Waals surface area (Å²) in [6, 6.07) is 57.9. The van der Waals surface area contributed by atoms with Gasteiger partial charge in [0.15, 0.2) is 0 Å². The van der Waals surface area contributed by atoms with E-state index in [2.05, 4.69) is 35.5 Å². The lowest BCUT2D eigenvalue weighted by Gasteiger charge is -2.25. The number of nitrogens with zero attached hydrogens (tertiary/aromatic N) is 1. The summed E-state index contributed by atoms with van der Waals surface area (Å²) in [7, 11) is -16.4. The van der Waals surface area contributed by atoms with Gasteiger partial charge in [0.1, 0.15) is 0 Å². The lowest BCUT2D eigenvalue weighted by molar-refractivity contribution is -0.0442. The lowest BCUT2D eigenvalue weighted by Crippen LogP contribution is -2.23. The standard InChI is InChI=1S/C69H42F9NO6S3/c70-67(71,72)86(80,81)64-43-31-58(32-44-64)22-16-52-7-1-49(2-8-52)13-19-55-25-37-61(38-26-55)79(62-39-27-56(28-40-62)20-14-50-3-9-53(10-4-50)17-23-59-33-45-65(46-34-59)87(82,83)68(73,74)75)63-41-29-57(30-42-63)21-15-51-5-11-54(12-6-51)18-24-60-35-47-66(48-36-60)88(84,85)69(76,77)78/h1-12,16-18,22-48H/b22-16+,23-17+,24-18+. The summed E-state index contributed by atoms with van der Waals surface area (Å²) in [6.07, 6.45) is 10.1. The van der Waals surface area contributed by atoms with Crippen LogP contribution in [0.25, 0.3) is 36.5 Å². The van der Waals surface area contributed by atoms with E-state index in [0.717, 1.165) is 86.8 Å². The van der Waals surface area contributed by atoms with Crippen LogP contribution < -0.4 is 4.90 Å². The summed E-state index contributed by atoms with van der Waals surface area (Å²) >= 11 is 0. The minimum absolute atomic E-state index is 0.500. The van der Waals surface area contributed by atoms with Crippen LogP contribution in [0.2, 0.25) is 0 Å². The van der Waals surface area contributed by atoms with E-state index >= 15 is 0 Å². The Labute approximate surface area is 501 Å². The second-order valence-corrected chi connectivity index (χ2v) is 25.0. The molecular formula is C69H42F9NO6S3. The van der Waals surface area contributed by atoms with Crippen LogP contribution in [0, 0.1) is 35.5 Å². The molecule has 0 aliphatic carbocycles. The maximum Gasteiger partial charge on any atom is 0.501 e. The van der Waals surface area contributed by atoms with Crippen LogP contribution in [-0.4, -0.2) is 41.8 Å². The van der Waals surface area contributed by atoms with Gasteiger partial charge in [0.2, 0.25) is 0 Å². The highest BCUT2D eigenvalue weighted by atomic mass is 32.2. The molecule has 440 valence electrons. The Balaban J connectivity index is 0.897. The molecule has 0 amide bonds. The predicted molar refractivity (Wildman–Crippen MR) is 324 cm³/mol. The van der Waals surface area contributed by atoms with Crippen molar-refractivity contribution in [2.24, 2.45) is 0 Å². The van der Waals surface area contributed by atoms with Crippen LogP contribution in [0.5, 0.6) is 0 Å². The zero-order chi connectivity index (χ0) is 62.9. The highest BCUT2D eigenvalue weighted by Gasteiger charge is 2.48. The fraction of sp³-hybridized carbons (Fsp3) is 0.0435. The van der Waals surface area contributed by atoms with Gasteiger partial charge in [-0.05, 0) is 179 Å². The van der Waals surface area contributed by atoms with E-state index < -0.39 is 60.7 Å². The third-order valence-electron chi connectivity index (χ3n) is 13.1. The van der Waals surface area contributed by atoms with Gasteiger partial charge in [-0.2, -0.15) is 39.5 Å². The van der Waals surface area contributed by atoms with Crippen LogP contribution >= 0.6 is 0 Å². The Bertz CT molecular complexity index is 4160. The summed E-state index contributed by atoms with van der Waals surface area (Å²) in [5.41, 5.74) is -5.66. The van der Waals surface area contributed by atoms with Crippen molar-refractivity contribution in [2.75, 3.05) is 4.90 Å². The topological polar surface area (TPSA) is 106 Å². The monoisotopic (exact) mass is 1250 g/mol. The highest BCUT2D eigenvalue weighted by molar-refractivity contribution is 7.92. The van der Waals surface area contributed by atoms with Gasteiger partial charge in [0.05, 0.1) is 14.7 Å². The molecule has 9 aromatic rings. The normalized spacial score (nSPS) is 12.2. The molecule has 0 fully saturated rings. The van der Waals surface area contributed by atoms with Gasteiger partial charge in [-0.25, -0.2) is 25.3 Å². The predicted octanol–water partition coefficient (Wildman–Crippen LogP) is 16.7. The average molecular weight is 1250 g/mol. The number of hydrogen-bond acceptors (Lipinski definition) is 7. The summed E-state index contributed by atoms with van der Waals surface area (Å²) < 4.78 is 187. The fourth-order valence-electron chi connectivity index (χ4n) is 8.25. The van der Waals surface area contributed by atoms with Crippen molar-refractivity contribution >= 4 is 83.0 Å². The van der Waals surface area contributed by atoms with Crippen molar-refractivity contribution in [1.29, 1.82) is 0 Å². The smallest absolute Gasteiger partial charge is 0.311 e. The molecule has 0 spiro atoms. The first kappa shape index (κ1) is 62.4. The SMILES string of the molecule is O=S(=O)(c1ccc(/C=C/c2ccc(C#Cc3ccc(N(c4ccc(C#Cc5ccc(/C=C/c6ccc(S(=O)(=O)C(F)(F)F)cc6)cc5)cc4)c4ccc(C#Cc5ccc(/C=C/c6ccc(S(=O)(=O)C(F)(F)F)cc6)cc5)cc4)cc3)cc2)cc1)C(F)(F)F. The largest absolute Gasteiger partial charge is 0.501 e. The lowest BCUT2D eigenvalue weighted by atomic mass is 10.1. The van der Waals surface area contributed by atoms with Crippen LogP contribution in [0.3, 0.4) is 0 Å². The number of halogens is 9. The molecule has 0 unspecified atom stereocenters. The maximum atomic E-state index is 13.0. The molecule has 9 aromatic carbocycles. The van der Waals surface area contributed by atoms with Crippen LogP contribution in [0.1, 0.15) is 66.8 Å². The minimum Gasteiger partial charge on any atom is -0.311 e. The first-order valence-corrected chi connectivity index (χ1v) is 30.4. The molecule has 0 saturated carbocycles. The van der Waals surface area contributed by atoms with Gasteiger partial charge in [0, 0.05) is 50.4 Å². The molecule has 88 heavy (non-hydrogen) atoms. The third-order valence-corrected chi connectivity index (χ3v) is 17.6. The molecule has 0 bridgehead atoms. The minimum atomic E-state index is -5.45. The molecule has 0 aliphatic rings. The molecular weight excluding hydrogens is 1210 g/mol. The van der Waals surface area contributed by atoms with Crippen molar-refractivity contribution in [3.05, 3.63) is 285 Å². The zero-order valence-corrected chi connectivity index (χ0v) is 47.7. The second kappa shape index (κ2) is 25.9. The Hall–Kier alpha value is -10.1. The molecule has 7 nitrogen and oxygen atoms in total. The van der Waals surface area contributed by atoms with Crippen molar-refractivity contribution in [1.82, 2.24) is 0 Å². The van der Waals surface area contributed by atoms with E-state index in [4.69, 9.17) is 0 Å². The molecule has 0 radical (unpaired) electrons. The Kier molecular flexibility index (Phi) is 18.3. The molecule has 0 aromatic heterocycles. The van der Waals surface area contributed by atoms with Crippen LogP contribution in [-0.2, 0) is 29.5 Å². The van der Waals surface area contributed by atoms with E-state index in [1.165, 1.54) is 36.4 Å². The van der Waals surface area contributed by atoms with Crippen molar-refractivity contribution in [3.8, 4) is 35.5 Å². The zero-order valence-electron chi connectivity index (χ0n) is 45.3. The quantitative estimate of drug-likeness (QED) is 0.0681. The van der Waals surface area contributed by atoms with Gasteiger partial charge in [-0.3, -0.25) is 0 Å². The van der Waals surface area contributed by atoms with E-state index in [-0.39, 0.29) is 0 Å². The number of benzene rings is 9. The van der Waals surface area contributed by atoms with Gasteiger partial charge < -0.3 is 4.90 Å². The average Bonchev–Trinajstić information content (AvgIpc) is 3.72. The molecule has 9 rings (SSSR count). The van der Waals surface area contributed by atoms with E-state index in [1.54, 1.807) is 36.5 Å². The summed E-state index contributed by atoms with van der Waals surface area (Å²) in [5, 5.41) is 0. The first-order chi connectivity index (χ1) is 41.7. The molecule has 0 heterocycles. The van der Waals surface area contributed by atoms with E-state index in [9.17, 15) is 64.8 Å². The van der Waals surface area contributed by atoms with Gasteiger partial charge in [0.25, 0.3) is 29.5 Å². The fourth-order valence-corrected chi connectivity index (χ4v) is 10.5. The van der Waals surface area contributed by atoms with Crippen molar-refractivity contribution in [2.45, 2.75) is 31.2 Å². The highest BCUT2D eigenvalue weighted by Crippen LogP contribution is 2.36. The number of sulfone groups is 3. The van der Waals surface area contributed by atoms with Gasteiger partial charge >= 0.3 is 16.5 Å². The van der Waals surface area contributed by atoms with Crippen molar-refractivity contribution in [3.63, 3.8) is 0 Å². The van der Waals surface area contributed by atoms with Crippen LogP contribution in [0.4, 0.5) is 56.6 Å². The summed E-state index contributed by atoms with van der Waals surface area (Å²) in [5.74, 6) is 19.0.